The Balaban J connectivity index is 2.13. The van der Waals surface area contributed by atoms with Gasteiger partial charge in [-0.3, -0.25) is 0 Å². The molecule has 2 atom stereocenters. The number of nitrogens with one attached hydrogen (secondary N) is 1. The molecule has 1 heterocycles. The molecule has 0 aliphatic carbocycles. The Morgan fingerprint density at radius 2 is 1.95 bits per heavy atom. The van der Waals surface area contributed by atoms with Crippen molar-refractivity contribution in [3.8, 4) is 0 Å². The van der Waals surface area contributed by atoms with Gasteiger partial charge in [0, 0.05) is 25.7 Å². The maximum Gasteiger partial charge on any atom is 0.243 e. The summed E-state index contributed by atoms with van der Waals surface area (Å²) in [5, 5.41) is 21.6. The second-order valence-corrected chi connectivity index (χ2v) is 6.92. The molecule has 112 valence electrons. The SMILES string of the molecule is Cc1ccc(S(=O)(=O)N2CC(O)C(NCCO)C2)cc1. The van der Waals surface area contributed by atoms with Crippen molar-refractivity contribution >= 4 is 10.0 Å². The monoisotopic (exact) mass is 300 g/mol. The summed E-state index contributed by atoms with van der Waals surface area (Å²) in [7, 11) is -3.58. The van der Waals surface area contributed by atoms with Crippen LogP contribution in [0.1, 0.15) is 5.56 Å². The predicted molar refractivity (Wildman–Crippen MR) is 74.8 cm³/mol. The molecule has 6 nitrogen and oxygen atoms in total. The summed E-state index contributed by atoms with van der Waals surface area (Å²) in [6.45, 7) is 2.45. The highest BCUT2D eigenvalue weighted by molar-refractivity contribution is 7.89. The molecule has 0 aromatic heterocycles. The van der Waals surface area contributed by atoms with Crippen LogP contribution in [0.5, 0.6) is 0 Å². The Bertz CT molecular complexity index is 544. The molecule has 20 heavy (non-hydrogen) atoms. The van der Waals surface area contributed by atoms with E-state index in [9.17, 15) is 13.5 Å². The second kappa shape index (κ2) is 6.19. The summed E-state index contributed by atoms with van der Waals surface area (Å²) >= 11 is 0. The molecule has 1 saturated heterocycles. The van der Waals surface area contributed by atoms with Gasteiger partial charge < -0.3 is 15.5 Å². The number of aliphatic hydroxyl groups is 2. The van der Waals surface area contributed by atoms with Gasteiger partial charge in [0.2, 0.25) is 10.0 Å². The first kappa shape index (κ1) is 15.4. The third kappa shape index (κ3) is 3.18. The molecular formula is C13H20N2O4S. The van der Waals surface area contributed by atoms with Crippen molar-refractivity contribution in [2.24, 2.45) is 0 Å². The van der Waals surface area contributed by atoms with Crippen molar-refractivity contribution in [2.45, 2.75) is 24.0 Å². The summed E-state index contributed by atoms with van der Waals surface area (Å²) in [6, 6.07) is 6.31. The van der Waals surface area contributed by atoms with E-state index in [1.54, 1.807) is 24.3 Å². The normalized spacial score (nSPS) is 24.1. The van der Waals surface area contributed by atoms with E-state index >= 15 is 0 Å². The fourth-order valence-electron chi connectivity index (χ4n) is 2.26. The summed E-state index contributed by atoms with van der Waals surface area (Å²) in [6.07, 6.45) is -0.762. The van der Waals surface area contributed by atoms with Crippen molar-refractivity contribution in [1.29, 1.82) is 0 Å². The van der Waals surface area contributed by atoms with E-state index in [4.69, 9.17) is 5.11 Å². The van der Waals surface area contributed by atoms with Crippen LogP contribution in [-0.4, -0.2) is 61.3 Å². The second-order valence-electron chi connectivity index (χ2n) is 4.99. The standard InChI is InChI=1S/C13H20N2O4S/c1-10-2-4-11(5-3-10)20(18,19)15-8-12(13(17)9-15)14-6-7-16/h2-5,12-14,16-17H,6-9H2,1H3. The number of aryl methyl sites for hydroxylation is 1. The van der Waals surface area contributed by atoms with Crippen LogP contribution in [0, 0.1) is 6.92 Å². The highest BCUT2D eigenvalue weighted by atomic mass is 32.2. The molecule has 1 aliphatic rings. The van der Waals surface area contributed by atoms with Crippen LogP contribution in [0.15, 0.2) is 29.2 Å². The summed E-state index contributed by atoms with van der Waals surface area (Å²) < 4.78 is 26.2. The number of hydrogen-bond donors (Lipinski definition) is 3. The molecule has 0 spiro atoms. The molecule has 1 aromatic carbocycles. The molecule has 0 radical (unpaired) electrons. The minimum atomic E-state index is -3.58. The first-order chi connectivity index (χ1) is 9.45. The number of hydrogen-bond acceptors (Lipinski definition) is 5. The van der Waals surface area contributed by atoms with Crippen LogP contribution in [0.4, 0.5) is 0 Å². The highest BCUT2D eigenvalue weighted by Crippen LogP contribution is 2.21. The highest BCUT2D eigenvalue weighted by Gasteiger charge is 2.38. The Morgan fingerprint density at radius 3 is 2.55 bits per heavy atom. The first-order valence-corrected chi connectivity index (χ1v) is 7.98. The number of nitrogens with zero attached hydrogens (tertiary/aromatic N) is 1. The maximum absolute atomic E-state index is 12.4. The van der Waals surface area contributed by atoms with Gasteiger partial charge >= 0.3 is 0 Å². The lowest BCUT2D eigenvalue weighted by molar-refractivity contribution is 0.156. The van der Waals surface area contributed by atoms with Gasteiger partial charge in [-0.1, -0.05) is 17.7 Å². The van der Waals surface area contributed by atoms with E-state index in [1.807, 2.05) is 6.92 Å². The van der Waals surface area contributed by atoms with E-state index in [1.165, 1.54) is 4.31 Å². The fraction of sp³-hybridized carbons (Fsp3) is 0.538. The van der Waals surface area contributed by atoms with Crippen molar-refractivity contribution in [3.63, 3.8) is 0 Å². The number of β-amino-alcohol motifs (C(OH)–C–C–N with tert-alkyl or cyclic N) is 1. The zero-order chi connectivity index (χ0) is 14.8. The van der Waals surface area contributed by atoms with Crippen molar-refractivity contribution in [2.75, 3.05) is 26.2 Å². The minimum Gasteiger partial charge on any atom is -0.395 e. The number of rotatable bonds is 5. The summed E-state index contributed by atoms with van der Waals surface area (Å²) in [5.41, 5.74) is 0.993. The Morgan fingerprint density at radius 1 is 1.30 bits per heavy atom. The summed E-state index contributed by atoms with van der Waals surface area (Å²) in [5.74, 6) is 0. The van der Waals surface area contributed by atoms with Gasteiger partial charge in [0.25, 0.3) is 0 Å². The van der Waals surface area contributed by atoms with Crippen molar-refractivity contribution in [3.05, 3.63) is 29.8 Å². The van der Waals surface area contributed by atoms with Crippen LogP contribution < -0.4 is 5.32 Å². The molecule has 1 fully saturated rings. The molecule has 3 N–H and O–H groups in total. The molecular weight excluding hydrogens is 280 g/mol. The fourth-order valence-corrected chi connectivity index (χ4v) is 3.74. The van der Waals surface area contributed by atoms with Gasteiger partial charge in [0.1, 0.15) is 0 Å². The molecule has 1 aromatic rings. The third-order valence-corrected chi connectivity index (χ3v) is 5.28. The smallest absolute Gasteiger partial charge is 0.243 e. The van der Waals surface area contributed by atoms with Gasteiger partial charge in [-0.25, -0.2) is 8.42 Å². The first-order valence-electron chi connectivity index (χ1n) is 6.54. The van der Waals surface area contributed by atoms with E-state index in [-0.39, 0.29) is 30.6 Å². The largest absolute Gasteiger partial charge is 0.395 e. The van der Waals surface area contributed by atoms with Gasteiger partial charge in [-0.2, -0.15) is 4.31 Å². The lowest BCUT2D eigenvalue weighted by Gasteiger charge is -2.16. The zero-order valence-electron chi connectivity index (χ0n) is 11.4. The van der Waals surface area contributed by atoms with E-state index in [2.05, 4.69) is 5.32 Å². The van der Waals surface area contributed by atoms with E-state index in [0.717, 1.165) is 5.56 Å². The van der Waals surface area contributed by atoms with Crippen molar-refractivity contribution in [1.82, 2.24) is 9.62 Å². The topological polar surface area (TPSA) is 89.9 Å². The lowest BCUT2D eigenvalue weighted by atomic mass is 10.2. The van der Waals surface area contributed by atoms with Crippen LogP contribution in [0.2, 0.25) is 0 Å². The van der Waals surface area contributed by atoms with Crippen LogP contribution in [0.25, 0.3) is 0 Å². The van der Waals surface area contributed by atoms with E-state index < -0.39 is 16.1 Å². The predicted octanol–water partition coefficient (Wildman–Crippen LogP) is -0.689. The third-order valence-electron chi connectivity index (χ3n) is 3.43. The number of benzene rings is 1. The van der Waals surface area contributed by atoms with Gasteiger partial charge in [-0.05, 0) is 19.1 Å². The van der Waals surface area contributed by atoms with Crippen molar-refractivity contribution < 1.29 is 18.6 Å². The molecule has 1 aliphatic heterocycles. The zero-order valence-corrected chi connectivity index (χ0v) is 12.2. The molecule has 2 unspecified atom stereocenters. The Hall–Kier alpha value is -0.990. The molecule has 0 saturated carbocycles. The quantitative estimate of drug-likeness (QED) is 0.670. The lowest BCUT2D eigenvalue weighted by Crippen LogP contribution is -2.40. The van der Waals surface area contributed by atoms with Gasteiger partial charge in [0.15, 0.2) is 0 Å². The number of sulfonamides is 1. The van der Waals surface area contributed by atoms with E-state index in [0.29, 0.717) is 6.54 Å². The molecule has 0 bridgehead atoms. The van der Waals surface area contributed by atoms with Gasteiger partial charge in [-0.15, -0.1) is 0 Å². The average Bonchev–Trinajstić information content (AvgIpc) is 2.79. The average molecular weight is 300 g/mol. The minimum absolute atomic E-state index is 0.0477. The van der Waals surface area contributed by atoms with Gasteiger partial charge in [0.05, 0.1) is 17.6 Å². The Kier molecular flexibility index (Phi) is 4.77. The van der Waals surface area contributed by atoms with Crippen LogP contribution in [0.3, 0.4) is 0 Å². The summed E-state index contributed by atoms with van der Waals surface area (Å²) in [4.78, 5) is 0.234. The van der Waals surface area contributed by atoms with Crippen LogP contribution >= 0.6 is 0 Å². The molecule has 2 rings (SSSR count). The van der Waals surface area contributed by atoms with Crippen LogP contribution in [-0.2, 0) is 10.0 Å². The maximum atomic E-state index is 12.4. The Labute approximate surface area is 119 Å². The number of aliphatic hydroxyl groups excluding tert-OH is 2. The molecule has 0 amide bonds. The molecule has 7 heteroatoms.